The van der Waals surface area contributed by atoms with Crippen molar-refractivity contribution in [1.82, 2.24) is 14.5 Å². The number of hydrogen-bond acceptors (Lipinski definition) is 5. The Morgan fingerprint density at radius 1 is 1.38 bits per heavy atom. The van der Waals surface area contributed by atoms with Gasteiger partial charge in [0, 0.05) is 17.8 Å². The van der Waals surface area contributed by atoms with Crippen molar-refractivity contribution in [2.45, 2.75) is 31.0 Å². The second-order valence-electron chi connectivity index (χ2n) is 6.51. The molecule has 0 radical (unpaired) electrons. The Labute approximate surface area is 149 Å². The van der Waals surface area contributed by atoms with Crippen LogP contribution in [0.25, 0.3) is 10.9 Å². The number of benzene rings is 1. The molecule has 3 rings (SSSR count). The molecule has 0 unspecified atom stereocenters. The summed E-state index contributed by atoms with van der Waals surface area (Å²) < 4.78 is 28.7. The third-order valence-electron chi connectivity index (χ3n) is 3.69. The molecule has 0 bridgehead atoms. The van der Waals surface area contributed by atoms with E-state index < -0.39 is 21.3 Å². The summed E-state index contributed by atoms with van der Waals surface area (Å²) in [4.78, 5) is 17.1. The summed E-state index contributed by atoms with van der Waals surface area (Å²) in [5.41, 5.74) is -0.710. The van der Waals surface area contributed by atoms with Gasteiger partial charge in [0.1, 0.15) is 6.07 Å². The number of nitrogens with one attached hydrogen (secondary N) is 3. The Balaban J connectivity index is 1.98. The van der Waals surface area contributed by atoms with Gasteiger partial charge in [-0.3, -0.25) is 14.3 Å². The third kappa shape index (κ3) is 3.35. The number of hydrogen-bond donors (Lipinski definition) is 4. The van der Waals surface area contributed by atoms with E-state index in [4.69, 9.17) is 5.26 Å². The molecule has 2 heterocycles. The van der Waals surface area contributed by atoms with E-state index in [0.29, 0.717) is 16.5 Å². The fraction of sp³-hybridized carbons (Fsp3) is 0.250. The van der Waals surface area contributed by atoms with Gasteiger partial charge >= 0.3 is 5.69 Å². The summed E-state index contributed by atoms with van der Waals surface area (Å²) in [6, 6.07) is 6.89. The highest BCUT2D eigenvalue weighted by molar-refractivity contribution is 7.92. The van der Waals surface area contributed by atoms with Gasteiger partial charge in [0.15, 0.2) is 5.03 Å². The lowest BCUT2D eigenvalue weighted by Crippen LogP contribution is -2.31. The van der Waals surface area contributed by atoms with Crippen LogP contribution in [0.15, 0.2) is 40.4 Å². The van der Waals surface area contributed by atoms with Crippen molar-refractivity contribution < 1.29 is 13.5 Å². The quantitative estimate of drug-likeness (QED) is 0.528. The summed E-state index contributed by atoms with van der Waals surface area (Å²) >= 11 is 0. The van der Waals surface area contributed by atoms with Gasteiger partial charge in [0.05, 0.1) is 28.9 Å². The average Bonchev–Trinajstić information content (AvgIpc) is 3.10. The first-order valence-corrected chi connectivity index (χ1v) is 9.14. The predicted molar refractivity (Wildman–Crippen MR) is 95.2 cm³/mol. The molecular formula is C16H17N5O4S. The number of imidazole rings is 1. The van der Waals surface area contributed by atoms with Gasteiger partial charge in [-0.1, -0.05) is 12.1 Å². The maximum atomic E-state index is 12.6. The van der Waals surface area contributed by atoms with E-state index in [9.17, 15) is 18.3 Å². The molecule has 0 amide bonds. The Hall–Kier alpha value is -3.03. The number of rotatable bonds is 5. The molecular weight excluding hydrogens is 358 g/mol. The molecule has 136 valence electrons. The van der Waals surface area contributed by atoms with E-state index in [1.807, 2.05) is 6.07 Å². The second-order valence-corrected chi connectivity index (χ2v) is 8.16. The highest BCUT2D eigenvalue weighted by Crippen LogP contribution is 2.26. The van der Waals surface area contributed by atoms with Gasteiger partial charge in [-0.15, -0.1) is 0 Å². The van der Waals surface area contributed by atoms with E-state index in [1.54, 1.807) is 18.2 Å². The number of nitriles is 1. The van der Waals surface area contributed by atoms with Crippen LogP contribution in [0.4, 0.5) is 5.69 Å². The van der Waals surface area contributed by atoms with Crippen LogP contribution in [0.3, 0.4) is 0 Å². The zero-order valence-corrected chi connectivity index (χ0v) is 14.9. The normalized spacial score (nSPS) is 12.2. The molecule has 26 heavy (non-hydrogen) atoms. The molecule has 0 aliphatic rings. The molecule has 0 fully saturated rings. The van der Waals surface area contributed by atoms with Crippen molar-refractivity contribution in [3.05, 3.63) is 46.6 Å². The zero-order chi connectivity index (χ0) is 19.1. The molecule has 1 aromatic carbocycles. The predicted octanol–water partition coefficient (Wildman–Crippen LogP) is 1.10. The molecule has 10 heteroatoms. The van der Waals surface area contributed by atoms with Crippen LogP contribution in [0.5, 0.6) is 0 Å². The summed E-state index contributed by atoms with van der Waals surface area (Å²) in [6.07, 6.45) is 2.63. The lowest BCUT2D eigenvalue weighted by atomic mass is 10.1. The SMILES string of the molecule is CC(C)(O)Cn1cc(S(=O)(=O)Nc2cccc3c(C#N)c[nH]c23)[nH]c1=O. The lowest BCUT2D eigenvalue weighted by Gasteiger charge is -2.16. The maximum absolute atomic E-state index is 12.6. The Bertz CT molecular complexity index is 1170. The topological polar surface area (TPSA) is 144 Å². The monoisotopic (exact) mass is 375 g/mol. The van der Waals surface area contributed by atoms with Crippen LogP contribution in [-0.4, -0.2) is 33.7 Å². The number of fused-ring (bicyclic) bond motifs is 1. The van der Waals surface area contributed by atoms with E-state index >= 15 is 0 Å². The standard InChI is InChI=1S/C16H17N5O4S/c1-16(2,23)9-21-8-13(19-15(21)22)26(24,25)20-12-5-3-4-11-10(6-17)7-18-14(11)12/h3-5,7-8,18,20,23H,9H2,1-2H3,(H,19,22). The highest BCUT2D eigenvalue weighted by atomic mass is 32.2. The van der Waals surface area contributed by atoms with E-state index in [2.05, 4.69) is 14.7 Å². The van der Waals surface area contributed by atoms with Gasteiger partial charge in [-0.25, -0.2) is 4.79 Å². The fourth-order valence-electron chi connectivity index (χ4n) is 2.61. The minimum absolute atomic E-state index is 0.0599. The summed E-state index contributed by atoms with van der Waals surface area (Å²) in [5, 5.41) is 19.2. The fourth-order valence-corrected chi connectivity index (χ4v) is 3.67. The molecule has 0 saturated heterocycles. The molecule has 0 aliphatic heterocycles. The number of para-hydroxylation sites is 1. The van der Waals surface area contributed by atoms with Crippen LogP contribution >= 0.6 is 0 Å². The number of anilines is 1. The Morgan fingerprint density at radius 3 is 2.77 bits per heavy atom. The van der Waals surface area contributed by atoms with Gasteiger partial charge < -0.3 is 10.1 Å². The van der Waals surface area contributed by atoms with Gasteiger partial charge in [-0.05, 0) is 19.9 Å². The maximum Gasteiger partial charge on any atom is 0.326 e. The molecule has 9 nitrogen and oxygen atoms in total. The molecule has 3 aromatic rings. The molecule has 4 N–H and O–H groups in total. The van der Waals surface area contributed by atoms with Crippen LogP contribution in [0.1, 0.15) is 19.4 Å². The lowest BCUT2D eigenvalue weighted by molar-refractivity contribution is 0.0605. The van der Waals surface area contributed by atoms with Crippen LogP contribution < -0.4 is 10.4 Å². The average molecular weight is 375 g/mol. The molecule has 0 spiro atoms. The van der Waals surface area contributed by atoms with Crippen LogP contribution in [0, 0.1) is 11.3 Å². The second kappa shape index (κ2) is 6.05. The van der Waals surface area contributed by atoms with Crippen molar-refractivity contribution in [2.24, 2.45) is 0 Å². The number of aromatic amines is 2. The summed E-state index contributed by atoms with van der Waals surface area (Å²) in [5.74, 6) is 0. The molecule has 0 atom stereocenters. The zero-order valence-electron chi connectivity index (χ0n) is 14.1. The van der Waals surface area contributed by atoms with Crippen molar-refractivity contribution in [2.75, 3.05) is 4.72 Å². The van der Waals surface area contributed by atoms with Gasteiger partial charge in [0.2, 0.25) is 0 Å². The smallest absolute Gasteiger partial charge is 0.326 e. The number of aliphatic hydroxyl groups is 1. The number of aromatic nitrogens is 3. The Kier molecular flexibility index (Phi) is 4.14. The molecule has 0 aliphatic carbocycles. The first kappa shape index (κ1) is 17.8. The minimum atomic E-state index is -4.07. The van der Waals surface area contributed by atoms with Crippen LogP contribution in [-0.2, 0) is 16.6 Å². The number of H-pyrrole nitrogens is 2. The van der Waals surface area contributed by atoms with Crippen molar-refractivity contribution in [3.63, 3.8) is 0 Å². The summed E-state index contributed by atoms with van der Waals surface area (Å²) in [6.45, 7) is 2.96. The number of sulfonamides is 1. The van der Waals surface area contributed by atoms with Crippen molar-refractivity contribution >= 4 is 26.6 Å². The van der Waals surface area contributed by atoms with Crippen LogP contribution in [0.2, 0.25) is 0 Å². The van der Waals surface area contributed by atoms with E-state index in [-0.39, 0.29) is 17.3 Å². The van der Waals surface area contributed by atoms with E-state index in [0.717, 1.165) is 10.8 Å². The first-order chi connectivity index (χ1) is 12.1. The van der Waals surface area contributed by atoms with Crippen molar-refractivity contribution in [3.8, 4) is 6.07 Å². The Morgan fingerprint density at radius 2 is 2.12 bits per heavy atom. The molecule has 0 saturated carbocycles. The van der Waals surface area contributed by atoms with E-state index in [1.165, 1.54) is 20.0 Å². The van der Waals surface area contributed by atoms with Gasteiger partial charge in [-0.2, -0.15) is 13.7 Å². The highest BCUT2D eigenvalue weighted by Gasteiger charge is 2.22. The first-order valence-electron chi connectivity index (χ1n) is 7.65. The minimum Gasteiger partial charge on any atom is -0.389 e. The molecule has 2 aromatic heterocycles. The third-order valence-corrected chi connectivity index (χ3v) is 4.97. The van der Waals surface area contributed by atoms with Crippen molar-refractivity contribution in [1.29, 1.82) is 5.26 Å². The largest absolute Gasteiger partial charge is 0.389 e. The van der Waals surface area contributed by atoms with Gasteiger partial charge in [0.25, 0.3) is 10.0 Å². The number of nitrogens with zero attached hydrogens (tertiary/aromatic N) is 2. The summed E-state index contributed by atoms with van der Waals surface area (Å²) in [7, 11) is -4.07.